The number of ether oxygens (including phenoxy) is 1. The van der Waals surface area contributed by atoms with Gasteiger partial charge in [0.25, 0.3) is 0 Å². The summed E-state index contributed by atoms with van der Waals surface area (Å²) in [5.41, 5.74) is 0.452. The molecule has 14 heteroatoms. The van der Waals surface area contributed by atoms with Crippen LogP contribution in [-0.2, 0) is 11.2 Å². The molecule has 1 aromatic rings. The second-order valence-electron chi connectivity index (χ2n) is 6.50. The summed E-state index contributed by atoms with van der Waals surface area (Å²) in [5, 5.41) is 2.80. The number of nitrogens with one attached hydrogen (secondary N) is 1. The first-order chi connectivity index (χ1) is 13.5. The standard InChI is InChI=1S/C17H19F9N2O2.ClH/c1-28(2)13(29)9-27-7-6-11-4-3-5-12(8-11)30-10-14(18,19)15(20,21)16(22,23)17(24,25)26;/h3-5,8,27H,6-7,9-10H2,1-2H3;1H. The van der Waals surface area contributed by atoms with Gasteiger partial charge in [0, 0.05) is 14.1 Å². The molecular formula is C17H20ClF9N2O2. The molecule has 0 fully saturated rings. The lowest BCUT2D eigenvalue weighted by Gasteiger charge is -2.33. The lowest BCUT2D eigenvalue weighted by molar-refractivity contribution is -0.398. The smallest absolute Gasteiger partial charge is 0.460 e. The maximum atomic E-state index is 13.5. The van der Waals surface area contributed by atoms with Gasteiger partial charge in [0.2, 0.25) is 5.91 Å². The third-order valence-corrected chi connectivity index (χ3v) is 3.89. The van der Waals surface area contributed by atoms with Crippen LogP contribution in [0.5, 0.6) is 5.75 Å². The van der Waals surface area contributed by atoms with Crippen molar-refractivity contribution in [2.24, 2.45) is 0 Å². The lowest BCUT2D eigenvalue weighted by atomic mass is 10.0. The third-order valence-electron chi connectivity index (χ3n) is 3.89. The number of hydrogen-bond donors (Lipinski definition) is 1. The normalized spacial score (nSPS) is 12.9. The van der Waals surface area contributed by atoms with Crippen LogP contribution in [0, 0.1) is 0 Å². The molecule has 1 amide bonds. The van der Waals surface area contributed by atoms with Crippen LogP contribution in [0.3, 0.4) is 0 Å². The van der Waals surface area contributed by atoms with Gasteiger partial charge >= 0.3 is 23.9 Å². The van der Waals surface area contributed by atoms with E-state index in [2.05, 4.69) is 10.1 Å². The molecular weight excluding hydrogens is 471 g/mol. The maximum absolute atomic E-state index is 13.5. The SMILES string of the molecule is CN(C)C(=O)CNCCc1cccc(OCC(F)(F)C(F)(F)C(F)(F)C(F)(F)F)c1.Cl. The second kappa shape index (κ2) is 10.6. The van der Waals surface area contributed by atoms with Gasteiger partial charge < -0.3 is 15.0 Å². The molecule has 0 unspecified atom stereocenters. The van der Waals surface area contributed by atoms with Crippen LogP contribution in [-0.4, -0.2) is 68.5 Å². The minimum absolute atomic E-state index is 0. The highest BCUT2D eigenvalue weighted by atomic mass is 35.5. The number of rotatable bonds is 10. The van der Waals surface area contributed by atoms with E-state index >= 15 is 0 Å². The van der Waals surface area contributed by atoms with Gasteiger partial charge in [-0.1, -0.05) is 12.1 Å². The summed E-state index contributed by atoms with van der Waals surface area (Å²) < 4.78 is 120. The van der Waals surface area contributed by atoms with E-state index in [1.165, 1.54) is 17.0 Å². The highest BCUT2D eigenvalue weighted by Crippen LogP contribution is 2.53. The van der Waals surface area contributed by atoms with Crippen molar-refractivity contribution in [2.45, 2.75) is 30.4 Å². The summed E-state index contributed by atoms with van der Waals surface area (Å²) in [7, 11) is 3.10. The minimum Gasteiger partial charge on any atom is -0.487 e. The second-order valence-corrected chi connectivity index (χ2v) is 6.50. The van der Waals surface area contributed by atoms with Crippen molar-refractivity contribution in [1.82, 2.24) is 10.2 Å². The Hall–Kier alpha value is -1.89. The monoisotopic (exact) mass is 490 g/mol. The number of carbonyl (C=O) groups excluding carboxylic acids is 1. The third kappa shape index (κ3) is 7.06. The molecule has 0 saturated carbocycles. The predicted molar refractivity (Wildman–Crippen MR) is 95.3 cm³/mol. The van der Waals surface area contributed by atoms with Crippen LogP contribution in [0.4, 0.5) is 39.5 Å². The molecule has 31 heavy (non-hydrogen) atoms. The van der Waals surface area contributed by atoms with Crippen molar-refractivity contribution in [3.05, 3.63) is 29.8 Å². The number of nitrogens with zero attached hydrogens (tertiary/aromatic N) is 1. The Bertz CT molecular complexity index is 728. The molecule has 0 aromatic heterocycles. The van der Waals surface area contributed by atoms with Crippen molar-refractivity contribution < 1.29 is 49.0 Å². The highest BCUT2D eigenvalue weighted by molar-refractivity contribution is 5.85. The average molecular weight is 491 g/mol. The van der Waals surface area contributed by atoms with Gasteiger partial charge in [-0.15, -0.1) is 12.4 Å². The molecule has 0 aliphatic rings. The van der Waals surface area contributed by atoms with E-state index in [9.17, 15) is 44.3 Å². The molecule has 0 heterocycles. The Labute approximate surface area is 178 Å². The zero-order valence-corrected chi connectivity index (χ0v) is 17.0. The number of alkyl halides is 9. The summed E-state index contributed by atoms with van der Waals surface area (Å²) in [6.45, 7) is -2.10. The molecule has 0 atom stereocenters. The van der Waals surface area contributed by atoms with E-state index in [1.54, 1.807) is 14.1 Å². The molecule has 180 valence electrons. The largest absolute Gasteiger partial charge is 0.487 e. The number of likely N-dealkylation sites (N-methyl/N-ethyl adjacent to an activating group) is 1. The molecule has 1 rings (SSSR count). The summed E-state index contributed by atoms with van der Waals surface area (Å²) in [6.07, 6.45) is -6.61. The van der Waals surface area contributed by atoms with Crippen molar-refractivity contribution in [3.63, 3.8) is 0 Å². The summed E-state index contributed by atoms with van der Waals surface area (Å²) >= 11 is 0. The Morgan fingerprint density at radius 1 is 1.00 bits per heavy atom. The van der Waals surface area contributed by atoms with Crippen LogP contribution in [0.25, 0.3) is 0 Å². The fraction of sp³-hybridized carbons (Fsp3) is 0.588. The zero-order valence-electron chi connectivity index (χ0n) is 16.2. The minimum atomic E-state index is -6.95. The zero-order chi connectivity index (χ0) is 23.4. The molecule has 0 aliphatic heterocycles. The molecule has 0 aliphatic carbocycles. The Morgan fingerprint density at radius 3 is 2.10 bits per heavy atom. The average Bonchev–Trinajstić information content (AvgIpc) is 2.62. The number of carbonyl (C=O) groups is 1. The molecule has 1 aromatic carbocycles. The van der Waals surface area contributed by atoms with Crippen LogP contribution in [0.2, 0.25) is 0 Å². The van der Waals surface area contributed by atoms with Crippen LogP contribution in [0.15, 0.2) is 24.3 Å². The summed E-state index contributed by atoms with van der Waals surface area (Å²) in [5.74, 6) is -20.1. The van der Waals surface area contributed by atoms with Gasteiger partial charge in [-0.25, -0.2) is 0 Å². The lowest BCUT2D eigenvalue weighted by Crippen LogP contribution is -2.62. The van der Waals surface area contributed by atoms with Crippen molar-refractivity contribution in [1.29, 1.82) is 0 Å². The number of hydrogen-bond acceptors (Lipinski definition) is 3. The first-order valence-electron chi connectivity index (χ1n) is 8.35. The Kier molecular flexibility index (Phi) is 9.97. The summed E-state index contributed by atoms with van der Waals surface area (Å²) in [4.78, 5) is 12.7. The van der Waals surface area contributed by atoms with Gasteiger partial charge in [-0.3, -0.25) is 4.79 Å². The molecule has 1 N–H and O–H groups in total. The van der Waals surface area contributed by atoms with E-state index in [1.807, 2.05) is 0 Å². The highest BCUT2D eigenvalue weighted by Gasteiger charge is 2.81. The van der Waals surface area contributed by atoms with E-state index in [0.29, 0.717) is 5.56 Å². The van der Waals surface area contributed by atoms with Gasteiger partial charge in [0.05, 0.1) is 6.54 Å². The summed E-state index contributed by atoms with van der Waals surface area (Å²) in [6, 6.07) is 4.97. The van der Waals surface area contributed by atoms with Gasteiger partial charge in [-0.2, -0.15) is 39.5 Å². The topological polar surface area (TPSA) is 41.6 Å². The molecule has 0 spiro atoms. The molecule has 0 saturated heterocycles. The Balaban J connectivity index is 0.00000900. The first-order valence-corrected chi connectivity index (χ1v) is 8.35. The van der Waals surface area contributed by atoms with Crippen LogP contribution >= 0.6 is 12.4 Å². The number of amides is 1. The maximum Gasteiger partial charge on any atom is 0.460 e. The molecule has 0 radical (unpaired) electrons. The van der Waals surface area contributed by atoms with E-state index in [4.69, 9.17) is 0 Å². The van der Waals surface area contributed by atoms with Crippen molar-refractivity contribution in [2.75, 3.05) is 33.8 Å². The number of halogens is 10. The fourth-order valence-electron chi connectivity index (χ4n) is 2.05. The van der Waals surface area contributed by atoms with E-state index < -0.39 is 36.3 Å². The van der Waals surface area contributed by atoms with Gasteiger partial charge in [-0.05, 0) is 30.7 Å². The Morgan fingerprint density at radius 2 is 1.58 bits per heavy atom. The predicted octanol–water partition coefficient (Wildman–Crippen LogP) is 4.18. The molecule has 4 nitrogen and oxygen atoms in total. The van der Waals surface area contributed by atoms with E-state index in [0.717, 1.165) is 12.1 Å². The van der Waals surface area contributed by atoms with Crippen LogP contribution in [0.1, 0.15) is 5.56 Å². The van der Waals surface area contributed by atoms with Gasteiger partial charge in [0.1, 0.15) is 5.75 Å². The fourth-order valence-corrected chi connectivity index (χ4v) is 2.05. The number of benzene rings is 1. The van der Waals surface area contributed by atoms with E-state index in [-0.39, 0.29) is 37.8 Å². The van der Waals surface area contributed by atoms with Crippen molar-refractivity contribution >= 4 is 18.3 Å². The van der Waals surface area contributed by atoms with Gasteiger partial charge in [0.15, 0.2) is 6.61 Å². The molecule has 0 bridgehead atoms. The first kappa shape index (κ1) is 29.1. The quantitative estimate of drug-likeness (QED) is 0.395. The van der Waals surface area contributed by atoms with Crippen LogP contribution < -0.4 is 10.1 Å². The van der Waals surface area contributed by atoms with Crippen molar-refractivity contribution in [3.8, 4) is 5.75 Å².